The minimum Gasteiger partial charge on any atom is -0.357 e. The Hall–Kier alpha value is -0.870. The number of nitrogens with zero attached hydrogens (tertiary/aromatic N) is 2. The Kier molecular flexibility index (Phi) is 4.29. The fourth-order valence-electron chi connectivity index (χ4n) is 1.19. The second-order valence-electron chi connectivity index (χ2n) is 3.65. The molecule has 84 valence electrons. The van der Waals surface area contributed by atoms with Crippen LogP contribution in [-0.2, 0) is 0 Å². The summed E-state index contributed by atoms with van der Waals surface area (Å²) in [6.07, 6.45) is 2.22. The van der Waals surface area contributed by atoms with Crippen molar-refractivity contribution < 1.29 is 4.39 Å². The van der Waals surface area contributed by atoms with Crippen molar-refractivity contribution in [3.63, 3.8) is 0 Å². The molecule has 1 rings (SSSR count). The summed E-state index contributed by atoms with van der Waals surface area (Å²) >= 11 is 5.61. The summed E-state index contributed by atoms with van der Waals surface area (Å²) in [6.45, 7) is 2.59. The van der Waals surface area contributed by atoms with E-state index in [0.717, 1.165) is 6.42 Å². The minimum atomic E-state index is -0.408. The van der Waals surface area contributed by atoms with E-state index < -0.39 is 5.82 Å². The van der Waals surface area contributed by atoms with Gasteiger partial charge in [-0.1, -0.05) is 11.6 Å². The van der Waals surface area contributed by atoms with E-state index in [1.807, 2.05) is 6.92 Å². The van der Waals surface area contributed by atoms with Gasteiger partial charge in [-0.05, 0) is 19.4 Å². The maximum Gasteiger partial charge on any atom is 0.167 e. The highest BCUT2D eigenvalue weighted by Gasteiger charge is 2.09. The first kappa shape index (κ1) is 12.2. The Bertz CT molecular complexity index is 330. The van der Waals surface area contributed by atoms with E-state index in [2.05, 4.69) is 4.98 Å². The second kappa shape index (κ2) is 5.28. The van der Waals surface area contributed by atoms with Gasteiger partial charge in [-0.2, -0.15) is 0 Å². The molecule has 1 aromatic rings. The van der Waals surface area contributed by atoms with Gasteiger partial charge in [-0.3, -0.25) is 0 Å². The highest BCUT2D eigenvalue weighted by Crippen LogP contribution is 2.18. The van der Waals surface area contributed by atoms with Crippen LogP contribution in [0, 0.1) is 5.82 Å². The first-order valence-corrected chi connectivity index (χ1v) is 5.16. The molecule has 1 atom stereocenters. The summed E-state index contributed by atoms with van der Waals surface area (Å²) in [4.78, 5) is 5.67. The van der Waals surface area contributed by atoms with Gasteiger partial charge in [0.05, 0.1) is 5.02 Å². The fourth-order valence-corrected chi connectivity index (χ4v) is 1.34. The Morgan fingerprint density at radius 2 is 2.33 bits per heavy atom. The monoisotopic (exact) mass is 231 g/mol. The van der Waals surface area contributed by atoms with E-state index in [4.69, 9.17) is 17.3 Å². The van der Waals surface area contributed by atoms with Crippen LogP contribution in [0.3, 0.4) is 0 Å². The third kappa shape index (κ3) is 3.64. The van der Waals surface area contributed by atoms with Gasteiger partial charge in [-0.25, -0.2) is 9.37 Å². The summed E-state index contributed by atoms with van der Waals surface area (Å²) < 4.78 is 13.4. The van der Waals surface area contributed by atoms with Crippen LogP contribution in [0.25, 0.3) is 0 Å². The number of halogens is 2. The quantitative estimate of drug-likeness (QED) is 0.863. The molecule has 1 heterocycles. The van der Waals surface area contributed by atoms with Crippen molar-refractivity contribution in [3.05, 3.63) is 23.1 Å². The van der Waals surface area contributed by atoms with Gasteiger partial charge in [0.2, 0.25) is 0 Å². The van der Waals surface area contributed by atoms with Gasteiger partial charge in [0, 0.05) is 25.8 Å². The molecule has 0 amide bonds. The summed E-state index contributed by atoms with van der Waals surface area (Å²) in [5.74, 6) is -0.102. The van der Waals surface area contributed by atoms with Crippen LogP contribution in [0.4, 0.5) is 10.2 Å². The van der Waals surface area contributed by atoms with Gasteiger partial charge in [0.15, 0.2) is 11.6 Å². The van der Waals surface area contributed by atoms with Gasteiger partial charge in [-0.15, -0.1) is 0 Å². The fraction of sp³-hybridized carbons (Fsp3) is 0.500. The topological polar surface area (TPSA) is 42.1 Å². The third-order valence-electron chi connectivity index (χ3n) is 2.07. The Balaban J connectivity index is 2.69. The van der Waals surface area contributed by atoms with Crippen LogP contribution in [0.5, 0.6) is 0 Å². The van der Waals surface area contributed by atoms with Gasteiger partial charge in [0.25, 0.3) is 0 Å². The molecule has 0 radical (unpaired) electrons. The van der Waals surface area contributed by atoms with E-state index in [9.17, 15) is 4.39 Å². The summed E-state index contributed by atoms with van der Waals surface area (Å²) in [5.41, 5.74) is 5.62. The first-order valence-electron chi connectivity index (χ1n) is 4.78. The second-order valence-corrected chi connectivity index (χ2v) is 4.08. The van der Waals surface area contributed by atoms with Crippen molar-refractivity contribution >= 4 is 17.4 Å². The molecule has 1 unspecified atom stereocenters. The lowest BCUT2D eigenvalue weighted by Gasteiger charge is -2.19. The maximum absolute atomic E-state index is 13.4. The molecule has 0 aromatic carbocycles. The Labute approximate surface area is 94.0 Å². The molecule has 0 saturated carbocycles. The molecular weight excluding hydrogens is 217 g/mol. The predicted octanol–water partition coefficient (Wildman–Crippen LogP) is 2.05. The van der Waals surface area contributed by atoms with Crippen LogP contribution in [0.15, 0.2) is 12.3 Å². The van der Waals surface area contributed by atoms with Gasteiger partial charge < -0.3 is 10.6 Å². The minimum absolute atomic E-state index is 0.0998. The predicted molar refractivity (Wildman–Crippen MR) is 60.7 cm³/mol. The Morgan fingerprint density at radius 1 is 1.67 bits per heavy atom. The molecule has 0 saturated heterocycles. The highest BCUT2D eigenvalue weighted by atomic mass is 35.5. The van der Waals surface area contributed by atoms with Crippen LogP contribution in [-0.4, -0.2) is 24.6 Å². The zero-order valence-corrected chi connectivity index (χ0v) is 9.63. The average Bonchev–Trinajstić information content (AvgIpc) is 2.14. The molecule has 0 aliphatic rings. The normalized spacial score (nSPS) is 12.6. The van der Waals surface area contributed by atoms with Crippen molar-refractivity contribution in [2.24, 2.45) is 5.73 Å². The zero-order chi connectivity index (χ0) is 11.4. The number of rotatable bonds is 4. The molecule has 0 aliphatic carbocycles. The Morgan fingerprint density at radius 3 is 2.87 bits per heavy atom. The largest absolute Gasteiger partial charge is 0.357 e. The zero-order valence-electron chi connectivity index (χ0n) is 8.87. The smallest absolute Gasteiger partial charge is 0.167 e. The number of aromatic nitrogens is 1. The summed E-state index contributed by atoms with van der Waals surface area (Å²) in [7, 11) is 1.78. The van der Waals surface area contributed by atoms with E-state index in [0.29, 0.717) is 17.4 Å². The number of hydrogen-bond acceptors (Lipinski definition) is 3. The maximum atomic E-state index is 13.4. The lowest BCUT2D eigenvalue weighted by molar-refractivity contribution is 0.603. The molecule has 0 aliphatic heterocycles. The van der Waals surface area contributed by atoms with Crippen molar-refractivity contribution in [2.45, 2.75) is 19.4 Å². The molecule has 1 aromatic heterocycles. The molecule has 15 heavy (non-hydrogen) atoms. The molecular formula is C10H15ClFN3. The standard InChI is InChI=1S/C10H15ClFN3/c1-7(13)3-4-15(2)10-9(12)5-8(11)6-14-10/h5-7H,3-4,13H2,1-2H3. The summed E-state index contributed by atoms with van der Waals surface area (Å²) in [6, 6.07) is 1.36. The van der Waals surface area contributed by atoms with Crippen LogP contribution >= 0.6 is 11.6 Å². The third-order valence-corrected chi connectivity index (χ3v) is 2.28. The van der Waals surface area contributed by atoms with Gasteiger partial charge >= 0.3 is 0 Å². The molecule has 5 heteroatoms. The molecule has 0 fully saturated rings. The van der Waals surface area contributed by atoms with Gasteiger partial charge in [0.1, 0.15) is 0 Å². The van der Waals surface area contributed by atoms with Crippen molar-refractivity contribution in [1.82, 2.24) is 4.98 Å². The molecule has 0 spiro atoms. The molecule has 2 N–H and O–H groups in total. The molecule has 3 nitrogen and oxygen atoms in total. The van der Waals surface area contributed by atoms with E-state index in [1.165, 1.54) is 12.3 Å². The SMILES string of the molecule is CC(N)CCN(C)c1ncc(Cl)cc1F. The van der Waals surface area contributed by atoms with Crippen molar-refractivity contribution in [3.8, 4) is 0 Å². The summed E-state index contributed by atoms with van der Waals surface area (Å²) in [5, 5.41) is 0.303. The lowest BCUT2D eigenvalue weighted by Crippen LogP contribution is -2.27. The number of hydrogen-bond donors (Lipinski definition) is 1. The van der Waals surface area contributed by atoms with Crippen LogP contribution < -0.4 is 10.6 Å². The van der Waals surface area contributed by atoms with Crippen LogP contribution in [0.2, 0.25) is 5.02 Å². The van der Waals surface area contributed by atoms with E-state index in [1.54, 1.807) is 11.9 Å². The van der Waals surface area contributed by atoms with Crippen molar-refractivity contribution in [1.29, 1.82) is 0 Å². The van der Waals surface area contributed by atoms with E-state index >= 15 is 0 Å². The number of nitrogens with two attached hydrogens (primary N) is 1. The molecule has 0 bridgehead atoms. The highest BCUT2D eigenvalue weighted by molar-refractivity contribution is 6.30. The van der Waals surface area contributed by atoms with Crippen molar-refractivity contribution in [2.75, 3.05) is 18.5 Å². The average molecular weight is 232 g/mol. The number of anilines is 1. The lowest BCUT2D eigenvalue weighted by atomic mass is 10.2. The van der Waals surface area contributed by atoms with E-state index in [-0.39, 0.29) is 6.04 Å². The number of pyridine rings is 1. The van der Waals surface area contributed by atoms with Crippen LogP contribution in [0.1, 0.15) is 13.3 Å². The first-order chi connectivity index (χ1) is 7.00.